The lowest BCUT2D eigenvalue weighted by molar-refractivity contribution is -0.121. The minimum absolute atomic E-state index is 0.0922. The van der Waals surface area contributed by atoms with Crippen LogP contribution in [0.2, 0.25) is 0 Å². The predicted molar refractivity (Wildman–Crippen MR) is 107 cm³/mol. The number of nitrogens with one attached hydrogen (secondary N) is 3. The molecule has 28 heavy (non-hydrogen) atoms. The van der Waals surface area contributed by atoms with E-state index in [1.807, 2.05) is 29.2 Å². The maximum atomic E-state index is 12.6. The number of rotatable bonds is 6. The highest BCUT2D eigenvalue weighted by atomic mass is 16.2. The third-order valence-electron chi connectivity index (χ3n) is 5.43. The summed E-state index contributed by atoms with van der Waals surface area (Å²) in [6.07, 6.45) is 5.10. The highest BCUT2D eigenvalue weighted by molar-refractivity contribution is 5.89. The van der Waals surface area contributed by atoms with Crippen LogP contribution in [0.15, 0.2) is 24.3 Å². The summed E-state index contributed by atoms with van der Waals surface area (Å²) in [6, 6.07) is 8.06. The summed E-state index contributed by atoms with van der Waals surface area (Å²) in [5, 5.41) is 13.4. The van der Waals surface area contributed by atoms with Gasteiger partial charge >= 0.3 is 6.03 Å². The Morgan fingerprint density at radius 1 is 1.25 bits per heavy atom. The van der Waals surface area contributed by atoms with E-state index in [1.165, 1.54) is 0 Å². The Balaban J connectivity index is 1.29. The minimum atomic E-state index is -0.0922. The van der Waals surface area contributed by atoms with Gasteiger partial charge in [0.25, 0.3) is 0 Å². The number of carbonyl (C=O) groups is 2. The number of aromatic nitrogens is 2. The Morgan fingerprint density at radius 3 is 2.75 bits per heavy atom. The first-order valence-electron chi connectivity index (χ1n) is 10.1. The fraction of sp³-hybridized carbons (Fsp3) is 0.476. The van der Waals surface area contributed by atoms with E-state index in [4.69, 9.17) is 0 Å². The first-order valence-corrected chi connectivity index (χ1v) is 10.1. The van der Waals surface area contributed by atoms with Crippen molar-refractivity contribution in [2.75, 3.05) is 11.9 Å². The van der Waals surface area contributed by atoms with Gasteiger partial charge in [0, 0.05) is 42.4 Å². The molecule has 0 radical (unpaired) electrons. The number of hydrogen-bond donors (Lipinski definition) is 3. The van der Waals surface area contributed by atoms with E-state index in [0.29, 0.717) is 32.0 Å². The number of carbonyl (C=O) groups excluding carboxylic acids is 2. The van der Waals surface area contributed by atoms with Crippen molar-refractivity contribution in [2.45, 2.75) is 58.0 Å². The van der Waals surface area contributed by atoms with E-state index in [0.717, 1.165) is 53.9 Å². The molecule has 2 heterocycles. The Morgan fingerprint density at radius 2 is 2.04 bits per heavy atom. The SMILES string of the molecule is CCc1n[nH]c2c1CN(C(=O)Nc1ccc(CCC(=O)NC3CC3)cc1)CC2. The van der Waals surface area contributed by atoms with Gasteiger partial charge in [0.1, 0.15) is 0 Å². The van der Waals surface area contributed by atoms with Crippen LogP contribution in [0.25, 0.3) is 0 Å². The second-order valence-electron chi connectivity index (χ2n) is 7.62. The molecule has 1 aliphatic heterocycles. The molecular formula is C21H27N5O2. The summed E-state index contributed by atoms with van der Waals surface area (Å²) < 4.78 is 0. The van der Waals surface area contributed by atoms with Crippen LogP contribution in [0.3, 0.4) is 0 Å². The lowest BCUT2D eigenvalue weighted by Gasteiger charge is -2.27. The number of H-pyrrole nitrogens is 1. The highest BCUT2D eigenvalue weighted by Gasteiger charge is 2.25. The number of amides is 3. The molecule has 2 aromatic rings. The molecule has 0 spiro atoms. The molecule has 0 bridgehead atoms. The van der Waals surface area contributed by atoms with Gasteiger partial charge in [-0.05, 0) is 43.4 Å². The molecule has 1 aromatic carbocycles. The summed E-state index contributed by atoms with van der Waals surface area (Å²) in [4.78, 5) is 26.3. The topological polar surface area (TPSA) is 90.1 Å². The Bertz CT molecular complexity index is 841. The molecule has 7 heteroatoms. The number of anilines is 1. The largest absolute Gasteiger partial charge is 0.353 e. The number of aromatic amines is 1. The molecule has 4 rings (SSSR count). The number of nitrogens with zero attached hydrogens (tertiary/aromatic N) is 2. The van der Waals surface area contributed by atoms with Crippen molar-refractivity contribution in [2.24, 2.45) is 0 Å². The Labute approximate surface area is 164 Å². The van der Waals surface area contributed by atoms with Crippen LogP contribution in [0.5, 0.6) is 0 Å². The Kier molecular flexibility index (Phi) is 5.32. The van der Waals surface area contributed by atoms with Crippen molar-refractivity contribution in [3.05, 3.63) is 46.8 Å². The molecule has 1 fully saturated rings. The zero-order valence-corrected chi connectivity index (χ0v) is 16.3. The minimum Gasteiger partial charge on any atom is -0.353 e. The fourth-order valence-corrected chi connectivity index (χ4v) is 3.56. The second-order valence-corrected chi connectivity index (χ2v) is 7.62. The van der Waals surface area contributed by atoms with E-state index in [9.17, 15) is 9.59 Å². The van der Waals surface area contributed by atoms with Gasteiger partial charge in [-0.1, -0.05) is 19.1 Å². The van der Waals surface area contributed by atoms with Gasteiger partial charge < -0.3 is 15.5 Å². The molecular weight excluding hydrogens is 354 g/mol. The molecule has 148 valence electrons. The van der Waals surface area contributed by atoms with Crippen LogP contribution in [-0.2, 0) is 30.6 Å². The maximum absolute atomic E-state index is 12.6. The van der Waals surface area contributed by atoms with Crippen molar-refractivity contribution >= 4 is 17.6 Å². The van der Waals surface area contributed by atoms with Crippen molar-refractivity contribution in [1.29, 1.82) is 0 Å². The highest BCUT2D eigenvalue weighted by Crippen LogP contribution is 2.22. The average molecular weight is 381 g/mol. The molecule has 1 aliphatic carbocycles. The zero-order chi connectivity index (χ0) is 19.5. The number of urea groups is 1. The van der Waals surface area contributed by atoms with Crippen LogP contribution in [0.1, 0.15) is 48.7 Å². The normalized spacial score (nSPS) is 15.8. The lowest BCUT2D eigenvalue weighted by atomic mass is 10.0. The first kappa shape index (κ1) is 18.5. The smallest absolute Gasteiger partial charge is 0.322 e. The molecule has 2 aliphatic rings. The number of benzene rings is 1. The van der Waals surface area contributed by atoms with Gasteiger partial charge in [0.15, 0.2) is 0 Å². The Hall–Kier alpha value is -2.83. The van der Waals surface area contributed by atoms with E-state index in [-0.39, 0.29) is 11.9 Å². The molecule has 0 saturated heterocycles. The van der Waals surface area contributed by atoms with Crippen molar-refractivity contribution < 1.29 is 9.59 Å². The van der Waals surface area contributed by atoms with Crippen LogP contribution >= 0.6 is 0 Å². The van der Waals surface area contributed by atoms with Gasteiger partial charge in [-0.15, -0.1) is 0 Å². The van der Waals surface area contributed by atoms with Gasteiger partial charge in [0.05, 0.1) is 12.2 Å². The van der Waals surface area contributed by atoms with E-state index in [2.05, 4.69) is 27.8 Å². The number of hydrogen-bond acceptors (Lipinski definition) is 3. The number of aryl methyl sites for hydroxylation is 2. The molecule has 0 unspecified atom stereocenters. The van der Waals surface area contributed by atoms with E-state index >= 15 is 0 Å². The maximum Gasteiger partial charge on any atom is 0.322 e. The summed E-state index contributed by atoms with van der Waals surface area (Å²) in [7, 11) is 0. The molecule has 3 N–H and O–H groups in total. The molecule has 0 atom stereocenters. The van der Waals surface area contributed by atoms with Crippen LogP contribution < -0.4 is 10.6 Å². The van der Waals surface area contributed by atoms with Crippen LogP contribution in [-0.4, -0.2) is 39.6 Å². The van der Waals surface area contributed by atoms with Crippen LogP contribution in [0, 0.1) is 0 Å². The lowest BCUT2D eigenvalue weighted by Crippen LogP contribution is -2.39. The molecule has 1 aromatic heterocycles. The van der Waals surface area contributed by atoms with E-state index < -0.39 is 0 Å². The molecule has 1 saturated carbocycles. The van der Waals surface area contributed by atoms with E-state index in [1.54, 1.807) is 0 Å². The van der Waals surface area contributed by atoms with Gasteiger partial charge in [-0.3, -0.25) is 9.89 Å². The second kappa shape index (κ2) is 8.04. The van der Waals surface area contributed by atoms with Crippen molar-refractivity contribution in [3.63, 3.8) is 0 Å². The monoisotopic (exact) mass is 381 g/mol. The van der Waals surface area contributed by atoms with Gasteiger partial charge in [-0.25, -0.2) is 4.79 Å². The standard InChI is InChI=1S/C21H27N5O2/c1-2-18-17-13-26(12-11-19(17)25-24-18)21(28)23-16-6-3-14(4-7-16)5-10-20(27)22-15-8-9-15/h3-4,6-7,15H,2,5,8-13H2,1H3,(H,22,27)(H,23,28)(H,24,25). The van der Waals surface area contributed by atoms with Crippen LogP contribution in [0.4, 0.5) is 10.5 Å². The third kappa shape index (κ3) is 4.35. The zero-order valence-electron chi connectivity index (χ0n) is 16.3. The summed E-state index contributed by atoms with van der Waals surface area (Å²) in [5.41, 5.74) is 5.21. The molecule has 7 nitrogen and oxygen atoms in total. The quantitative estimate of drug-likeness (QED) is 0.719. The van der Waals surface area contributed by atoms with Gasteiger partial charge in [0.2, 0.25) is 5.91 Å². The average Bonchev–Trinajstić information content (AvgIpc) is 3.42. The first-order chi connectivity index (χ1) is 13.6. The van der Waals surface area contributed by atoms with Crippen molar-refractivity contribution in [1.82, 2.24) is 20.4 Å². The van der Waals surface area contributed by atoms with Gasteiger partial charge in [-0.2, -0.15) is 5.10 Å². The number of fused-ring (bicyclic) bond motifs is 1. The fourth-order valence-electron chi connectivity index (χ4n) is 3.56. The molecule has 3 amide bonds. The summed E-state index contributed by atoms with van der Waals surface area (Å²) in [6.45, 7) is 3.35. The predicted octanol–water partition coefficient (Wildman–Crippen LogP) is 2.77. The third-order valence-corrected chi connectivity index (χ3v) is 5.43. The van der Waals surface area contributed by atoms with Crippen molar-refractivity contribution in [3.8, 4) is 0 Å². The summed E-state index contributed by atoms with van der Waals surface area (Å²) in [5.74, 6) is 0.120. The summed E-state index contributed by atoms with van der Waals surface area (Å²) >= 11 is 0.